The van der Waals surface area contributed by atoms with Crippen LogP contribution in [0.2, 0.25) is 5.02 Å². The van der Waals surface area contributed by atoms with Crippen molar-refractivity contribution in [3.8, 4) is 0 Å². The second-order valence-electron chi connectivity index (χ2n) is 5.14. The Morgan fingerprint density at radius 3 is 3.06 bits per heavy atom. The minimum atomic E-state index is 0.531. The van der Waals surface area contributed by atoms with Crippen LogP contribution < -0.4 is 5.73 Å². The number of likely N-dealkylation sites (tertiary alicyclic amines) is 1. The Morgan fingerprint density at radius 1 is 1.56 bits per heavy atom. The second-order valence-corrected chi connectivity index (χ2v) is 5.55. The zero-order valence-corrected chi connectivity index (χ0v) is 11.8. The maximum Gasteiger partial charge on any atom is 0.123 e. The highest BCUT2D eigenvalue weighted by atomic mass is 35.5. The lowest BCUT2D eigenvalue weighted by molar-refractivity contribution is 0.128. The molecular weight excluding hydrogens is 248 g/mol. The molecule has 1 unspecified atom stereocenters. The van der Waals surface area contributed by atoms with Crippen molar-refractivity contribution >= 4 is 17.4 Å². The molecule has 5 heteroatoms. The molecule has 0 spiro atoms. The minimum Gasteiger partial charge on any atom is -0.384 e. The molecule has 2 heterocycles. The van der Waals surface area contributed by atoms with Gasteiger partial charge in [-0.15, -0.1) is 0 Å². The van der Waals surface area contributed by atoms with Gasteiger partial charge in [-0.3, -0.25) is 4.90 Å². The van der Waals surface area contributed by atoms with Crippen molar-refractivity contribution in [1.29, 1.82) is 0 Å². The van der Waals surface area contributed by atoms with Crippen LogP contribution in [0.15, 0.2) is 12.1 Å². The summed E-state index contributed by atoms with van der Waals surface area (Å²) in [5.74, 6) is 0.531. The van der Waals surface area contributed by atoms with Crippen LogP contribution in [0.1, 0.15) is 18.5 Å². The molecule has 1 aromatic heterocycles. The average Bonchev–Trinajstić information content (AvgIpc) is 2.34. The quantitative estimate of drug-likeness (QED) is 0.909. The van der Waals surface area contributed by atoms with E-state index in [1.54, 1.807) is 6.07 Å². The molecule has 2 N–H and O–H groups in total. The minimum absolute atomic E-state index is 0.531. The van der Waals surface area contributed by atoms with Crippen LogP contribution in [0.25, 0.3) is 0 Å². The molecule has 18 heavy (non-hydrogen) atoms. The molecule has 1 aromatic rings. The van der Waals surface area contributed by atoms with Crippen LogP contribution in [-0.2, 0) is 6.54 Å². The van der Waals surface area contributed by atoms with E-state index in [4.69, 9.17) is 17.3 Å². The number of anilines is 1. The van der Waals surface area contributed by atoms with E-state index in [0.29, 0.717) is 16.9 Å². The first kappa shape index (κ1) is 13.6. The van der Waals surface area contributed by atoms with Crippen molar-refractivity contribution in [2.45, 2.75) is 25.4 Å². The molecule has 0 bridgehead atoms. The van der Waals surface area contributed by atoms with Crippen molar-refractivity contribution in [2.75, 3.05) is 32.9 Å². The van der Waals surface area contributed by atoms with Crippen LogP contribution in [0, 0.1) is 0 Å². The maximum absolute atomic E-state index is 6.15. The van der Waals surface area contributed by atoms with E-state index in [0.717, 1.165) is 18.8 Å². The van der Waals surface area contributed by atoms with Crippen molar-refractivity contribution in [2.24, 2.45) is 0 Å². The van der Waals surface area contributed by atoms with E-state index in [2.05, 4.69) is 28.9 Å². The van der Waals surface area contributed by atoms with Crippen LogP contribution in [0.4, 0.5) is 5.82 Å². The maximum atomic E-state index is 6.15. The van der Waals surface area contributed by atoms with Gasteiger partial charge in [-0.2, -0.15) is 0 Å². The fourth-order valence-corrected chi connectivity index (χ4v) is 2.64. The smallest absolute Gasteiger partial charge is 0.123 e. The summed E-state index contributed by atoms with van der Waals surface area (Å²) in [7, 11) is 4.30. The van der Waals surface area contributed by atoms with Gasteiger partial charge in [0.1, 0.15) is 5.82 Å². The number of hydrogen-bond donors (Lipinski definition) is 1. The molecule has 1 saturated heterocycles. The summed E-state index contributed by atoms with van der Waals surface area (Å²) in [6.45, 7) is 3.06. The number of pyridine rings is 1. The first-order valence-electron chi connectivity index (χ1n) is 6.36. The molecule has 100 valence electrons. The van der Waals surface area contributed by atoms with Gasteiger partial charge in [-0.05, 0) is 45.6 Å². The summed E-state index contributed by atoms with van der Waals surface area (Å²) in [4.78, 5) is 9.01. The summed E-state index contributed by atoms with van der Waals surface area (Å²) in [6, 6.07) is 4.13. The van der Waals surface area contributed by atoms with Crippen LogP contribution in [0.3, 0.4) is 0 Å². The number of likely N-dealkylation sites (N-methyl/N-ethyl adjacent to an activating group) is 2. The van der Waals surface area contributed by atoms with Gasteiger partial charge in [0.25, 0.3) is 0 Å². The molecule has 4 nitrogen and oxygen atoms in total. The predicted octanol–water partition coefficient (Wildman–Crippen LogP) is 1.84. The van der Waals surface area contributed by atoms with E-state index in [-0.39, 0.29) is 0 Å². The summed E-state index contributed by atoms with van der Waals surface area (Å²) in [6.07, 6.45) is 2.49. The van der Waals surface area contributed by atoms with Crippen LogP contribution >= 0.6 is 11.6 Å². The third-order valence-corrected chi connectivity index (χ3v) is 3.91. The fourth-order valence-electron chi connectivity index (χ4n) is 2.48. The third-order valence-electron chi connectivity index (χ3n) is 3.56. The van der Waals surface area contributed by atoms with Gasteiger partial charge in [0.15, 0.2) is 0 Å². The largest absolute Gasteiger partial charge is 0.384 e. The van der Waals surface area contributed by atoms with Gasteiger partial charge >= 0.3 is 0 Å². The number of rotatable bonds is 3. The number of hydrogen-bond acceptors (Lipinski definition) is 4. The van der Waals surface area contributed by atoms with E-state index in [9.17, 15) is 0 Å². The SMILES string of the molecule is CN1CCCC(N(C)Cc2nc(N)ccc2Cl)C1. The van der Waals surface area contributed by atoms with Gasteiger partial charge in [-0.25, -0.2) is 4.98 Å². The molecule has 0 aromatic carbocycles. The molecule has 1 aliphatic rings. The van der Waals surface area contributed by atoms with E-state index >= 15 is 0 Å². The zero-order valence-electron chi connectivity index (χ0n) is 11.1. The summed E-state index contributed by atoms with van der Waals surface area (Å²) >= 11 is 6.15. The topological polar surface area (TPSA) is 45.4 Å². The highest BCUT2D eigenvalue weighted by Crippen LogP contribution is 2.20. The lowest BCUT2D eigenvalue weighted by atomic mass is 10.0. The Bertz CT molecular complexity index is 410. The molecule has 1 atom stereocenters. The Hall–Kier alpha value is -0.840. The van der Waals surface area contributed by atoms with Gasteiger partial charge in [0.2, 0.25) is 0 Å². The third kappa shape index (κ3) is 3.34. The lowest BCUT2D eigenvalue weighted by Gasteiger charge is -2.35. The second kappa shape index (κ2) is 5.87. The molecule has 0 saturated carbocycles. The molecule has 0 amide bonds. The molecule has 0 aliphatic carbocycles. The molecule has 1 aliphatic heterocycles. The Labute approximate surface area is 114 Å². The number of piperidine rings is 1. The van der Waals surface area contributed by atoms with E-state index in [1.807, 2.05) is 6.07 Å². The van der Waals surface area contributed by atoms with Crippen molar-refractivity contribution < 1.29 is 0 Å². The standard InChI is InChI=1S/C13H21ClN4/c1-17-7-3-4-10(8-17)18(2)9-12-11(14)5-6-13(15)16-12/h5-6,10H,3-4,7-9H2,1-2H3,(H2,15,16). The average molecular weight is 269 g/mol. The fraction of sp³-hybridized carbons (Fsp3) is 0.615. The molecular formula is C13H21ClN4. The normalized spacial score (nSPS) is 21.4. The van der Waals surface area contributed by atoms with E-state index in [1.165, 1.54) is 19.4 Å². The summed E-state index contributed by atoms with van der Waals surface area (Å²) in [5, 5.41) is 0.695. The van der Waals surface area contributed by atoms with Gasteiger partial charge in [0.05, 0.1) is 10.7 Å². The number of nitrogens with zero attached hydrogens (tertiary/aromatic N) is 3. The number of nitrogen functional groups attached to an aromatic ring is 1. The highest BCUT2D eigenvalue weighted by Gasteiger charge is 2.21. The Kier molecular flexibility index (Phi) is 4.43. The van der Waals surface area contributed by atoms with Gasteiger partial charge < -0.3 is 10.6 Å². The van der Waals surface area contributed by atoms with Crippen LogP contribution in [0.5, 0.6) is 0 Å². The summed E-state index contributed by atoms with van der Waals surface area (Å²) in [5.41, 5.74) is 6.58. The Balaban J connectivity index is 2.01. The first-order chi connectivity index (χ1) is 8.56. The summed E-state index contributed by atoms with van der Waals surface area (Å²) < 4.78 is 0. The van der Waals surface area contributed by atoms with Crippen molar-refractivity contribution in [1.82, 2.24) is 14.8 Å². The highest BCUT2D eigenvalue weighted by molar-refractivity contribution is 6.31. The zero-order chi connectivity index (χ0) is 13.1. The first-order valence-corrected chi connectivity index (χ1v) is 6.73. The van der Waals surface area contributed by atoms with Crippen LogP contribution in [-0.4, -0.2) is 48.0 Å². The molecule has 1 fully saturated rings. The molecule has 0 radical (unpaired) electrons. The lowest BCUT2D eigenvalue weighted by Crippen LogP contribution is -2.44. The molecule has 2 rings (SSSR count). The van der Waals surface area contributed by atoms with E-state index < -0.39 is 0 Å². The Morgan fingerprint density at radius 2 is 2.33 bits per heavy atom. The number of nitrogens with two attached hydrogens (primary N) is 1. The van der Waals surface area contributed by atoms with Crippen molar-refractivity contribution in [3.63, 3.8) is 0 Å². The number of halogens is 1. The predicted molar refractivity (Wildman–Crippen MR) is 75.6 cm³/mol. The van der Waals surface area contributed by atoms with Crippen molar-refractivity contribution in [3.05, 3.63) is 22.8 Å². The van der Waals surface area contributed by atoms with Gasteiger partial charge in [-0.1, -0.05) is 11.6 Å². The monoisotopic (exact) mass is 268 g/mol. The number of aromatic nitrogens is 1. The van der Waals surface area contributed by atoms with Gasteiger partial charge in [0, 0.05) is 19.1 Å².